The van der Waals surface area contributed by atoms with Gasteiger partial charge >= 0.3 is 0 Å². The number of ether oxygens (including phenoxy) is 1. The van der Waals surface area contributed by atoms with Gasteiger partial charge in [-0.2, -0.15) is 0 Å². The van der Waals surface area contributed by atoms with Crippen LogP contribution in [0.4, 0.5) is 0 Å². The molecule has 0 amide bonds. The largest absolute Gasteiger partial charge is 0.494 e. The third-order valence-electron chi connectivity index (χ3n) is 2.87. The molecule has 1 aliphatic rings. The Morgan fingerprint density at radius 3 is 2.87 bits per heavy atom. The Morgan fingerprint density at radius 2 is 2.00 bits per heavy atom. The highest BCUT2D eigenvalue weighted by Crippen LogP contribution is 2.26. The minimum absolute atomic E-state index is 0.730. The average molecular weight is 225 g/mol. The quantitative estimate of drug-likeness (QED) is 0.549. The van der Waals surface area contributed by atoms with Crippen molar-refractivity contribution in [3.63, 3.8) is 0 Å². The minimum Gasteiger partial charge on any atom is -0.494 e. The number of halogens is 1. The zero-order chi connectivity index (χ0) is 10.5. The number of hydrogen-bond acceptors (Lipinski definition) is 1. The summed E-state index contributed by atoms with van der Waals surface area (Å²) in [5.41, 5.74) is 2.98. The average Bonchev–Trinajstić information content (AvgIpc) is 2.71. The van der Waals surface area contributed by atoms with E-state index in [-0.39, 0.29) is 0 Å². The van der Waals surface area contributed by atoms with Crippen molar-refractivity contribution in [3.05, 3.63) is 29.3 Å². The molecule has 1 aromatic carbocycles. The van der Waals surface area contributed by atoms with Gasteiger partial charge in [-0.1, -0.05) is 6.07 Å². The van der Waals surface area contributed by atoms with Crippen LogP contribution >= 0.6 is 11.6 Å². The van der Waals surface area contributed by atoms with Crippen molar-refractivity contribution in [3.8, 4) is 5.75 Å². The van der Waals surface area contributed by atoms with E-state index in [0.29, 0.717) is 0 Å². The summed E-state index contributed by atoms with van der Waals surface area (Å²) >= 11 is 5.60. The second-order valence-corrected chi connectivity index (χ2v) is 4.41. The molecule has 1 aromatic rings. The van der Waals surface area contributed by atoms with Gasteiger partial charge in [-0.25, -0.2) is 0 Å². The maximum atomic E-state index is 5.67. The summed E-state index contributed by atoms with van der Waals surface area (Å²) < 4.78 is 5.67. The second-order valence-electron chi connectivity index (χ2n) is 4.03. The van der Waals surface area contributed by atoms with Crippen LogP contribution in [0.2, 0.25) is 0 Å². The molecule has 1 nitrogen and oxygen atoms in total. The van der Waals surface area contributed by atoms with Gasteiger partial charge in [-0.05, 0) is 55.4 Å². The lowest BCUT2D eigenvalue weighted by Gasteiger charge is -2.07. The van der Waals surface area contributed by atoms with Crippen LogP contribution in [-0.4, -0.2) is 12.5 Å². The molecule has 0 bridgehead atoms. The number of benzene rings is 1. The first-order chi connectivity index (χ1) is 7.40. The molecule has 2 rings (SSSR count). The van der Waals surface area contributed by atoms with Crippen molar-refractivity contribution in [2.75, 3.05) is 12.5 Å². The fourth-order valence-electron chi connectivity index (χ4n) is 2.02. The predicted octanol–water partition coefficient (Wildman–Crippen LogP) is 3.57. The molecule has 0 N–H and O–H groups in total. The molecule has 0 heterocycles. The Kier molecular flexibility index (Phi) is 3.90. The first-order valence-corrected chi connectivity index (χ1v) is 6.24. The summed E-state index contributed by atoms with van der Waals surface area (Å²) in [6.07, 6.45) is 5.83. The van der Waals surface area contributed by atoms with Gasteiger partial charge in [0.25, 0.3) is 0 Å². The summed E-state index contributed by atoms with van der Waals surface area (Å²) in [7, 11) is 0. The van der Waals surface area contributed by atoms with Gasteiger partial charge in [0.2, 0.25) is 0 Å². The van der Waals surface area contributed by atoms with Gasteiger partial charge in [-0.15, -0.1) is 11.6 Å². The lowest BCUT2D eigenvalue weighted by Crippen LogP contribution is -1.98. The second kappa shape index (κ2) is 5.41. The number of unbranched alkanes of at least 4 members (excludes halogenated alkanes) is 1. The van der Waals surface area contributed by atoms with E-state index in [4.69, 9.17) is 16.3 Å². The van der Waals surface area contributed by atoms with E-state index in [1.54, 1.807) is 0 Å². The van der Waals surface area contributed by atoms with Crippen LogP contribution in [0.1, 0.15) is 30.4 Å². The first kappa shape index (κ1) is 10.8. The van der Waals surface area contributed by atoms with Crippen molar-refractivity contribution in [1.29, 1.82) is 0 Å². The molecule has 15 heavy (non-hydrogen) atoms. The SMILES string of the molecule is ClCCCCOc1ccc2c(c1)CCC2. The molecule has 2 heteroatoms. The van der Waals surface area contributed by atoms with E-state index in [9.17, 15) is 0 Å². The van der Waals surface area contributed by atoms with Gasteiger partial charge in [0.15, 0.2) is 0 Å². The maximum absolute atomic E-state index is 5.67. The molecular weight excluding hydrogens is 208 g/mol. The first-order valence-electron chi connectivity index (χ1n) is 5.71. The van der Waals surface area contributed by atoms with Crippen LogP contribution in [0.5, 0.6) is 5.75 Å². The highest BCUT2D eigenvalue weighted by molar-refractivity contribution is 6.17. The van der Waals surface area contributed by atoms with E-state index < -0.39 is 0 Å². The summed E-state index contributed by atoms with van der Waals surface area (Å²) in [5, 5.41) is 0. The number of fused-ring (bicyclic) bond motifs is 1. The molecule has 0 atom stereocenters. The van der Waals surface area contributed by atoms with Crippen LogP contribution < -0.4 is 4.74 Å². The zero-order valence-electron chi connectivity index (χ0n) is 8.97. The Balaban J connectivity index is 1.87. The predicted molar refractivity (Wildman–Crippen MR) is 63.9 cm³/mol. The van der Waals surface area contributed by atoms with E-state index in [1.807, 2.05) is 0 Å². The molecule has 0 unspecified atom stereocenters. The fraction of sp³-hybridized carbons (Fsp3) is 0.538. The van der Waals surface area contributed by atoms with E-state index >= 15 is 0 Å². The van der Waals surface area contributed by atoms with Gasteiger partial charge in [0, 0.05) is 5.88 Å². The van der Waals surface area contributed by atoms with Crippen LogP contribution in [-0.2, 0) is 12.8 Å². The number of alkyl halides is 1. The highest BCUT2D eigenvalue weighted by atomic mass is 35.5. The van der Waals surface area contributed by atoms with Crippen molar-refractivity contribution in [2.45, 2.75) is 32.1 Å². The summed E-state index contributed by atoms with van der Waals surface area (Å²) in [6.45, 7) is 0.783. The molecule has 0 saturated heterocycles. The molecule has 0 aromatic heterocycles. The van der Waals surface area contributed by atoms with Crippen molar-refractivity contribution in [2.24, 2.45) is 0 Å². The smallest absolute Gasteiger partial charge is 0.119 e. The highest BCUT2D eigenvalue weighted by Gasteiger charge is 2.10. The lowest BCUT2D eigenvalue weighted by molar-refractivity contribution is 0.309. The standard InChI is InChI=1S/C13H17ClO/c14-8-1-2-9-15-13-7-6-11-4-3-5-12(11)10-13/h6-7,10H,1-5,8-9H2. The monoisotopic (exact) mass is 224 g/mol. The Morgan fingerprint density at radius 1 is 1.13 bits per heavy atom. The van der Waals surface area contributed by atoms with Gasteiger partial charge in [0.1, 0.15) is 5.75 Å². The molecule has 0 radical (unpaired) electrons. The van der Waals surface area contributed by atoms with Crippen LogP contribution in [0.3, 0.4) is 0 Å². The molecule has 1 aliphatic carbocycles. The van der Waals surface area contributed by atoms with E-state index in [1.165, 1.54) is 30.4 Å². The van der Waals surface area contributed by atoms with Crippen molar-refractivity contribution >= 4 is 11.6 Å². The molecule has 0 fully saturated rings. The molecule has 0 aliphatic heterocycles. The van der Waals surface area contributed by atoms with E-state index in [0.717, 1.165) is 31.1 Å². The van der Waals surface area contributed by atoms with Crippen LogP contribution in [0.15, 0.2) is 18.2 Å². The van der Waals surface area contributed by atoms with Gasteiger partial charge in [-0.3, -0.25) is 0 Å². The van der Waals surface area contributed by atoms with Crippen molar-refractivity contribution < 1.29 is 4.74 Å². The minimum atomic E-state index is 0.730. The van der Waals surface area contributed by atoms with Gasteiger partial charge < -0.3 is 4.74 Å². The zero-order valence-corrected chi connectivity index (χ0v) is 9.72. The maximum Gasteiger partial charge on any atom is 0.119 e. The molecule has 82 valence electrons. The molecule has 0 spiro atoms. The Hall–Kier alpha value is -0.690. The molecular formula is C13H17ClO. The summed E-state index contributed by atoms with van der Waals surface area (Å²) in [6, 6.07) is 6.49. The van der Waals surface area contributed by atoms with E-state index in [2.05, 4.69) is 18.2 Å². The topological polar surface area (TPSA) is 9.23 Å². The lowest BCUT2D eigenvalue weighted by atomic mass is 10.1. The molecule has 0 saturated carbocycles. The fourth-order valence-corrected chi connectivity index (χ4v) is 2.21. The number of aryl methyl sites for hydroxylation is 2. The number of rotatable bonds is 5. The van der Waals surface area contributed by atoms with Crippen molar-refractivity contribution in [1.82, 2.24) is 0 Å². The van der Waals surface area contributed by atoms with Crippen LogP contribution in [0.25, 0.3) is 0 Å². The van der Waals surface area contributed by atoms with Gasteiger partial charge in [0.05, 0.1) is 6.61 Å². The Labute approximate surface area is 96.4 Å². The summed E-state index contributed by atoms with van der Waals surface area (Å²) in [4.78, 5) is 0. The third-order valence-corrected chi connectivity index (χ3v) is 3.13. The Bertz CT molecular complexity index is 322. The van der Waals surface area contributed by atoms with Crippen LogP contribution in [0, 0.1) is 0 Å². The summed E-state index contributed by atoms with van der Waals surface area (Å²) in [5.74, 6) is 1.75. The third kappa shape index (κ3) is 2.88. The normalized spacial score (nSPS) is 13.9. The number of hydrogen-bond donors (Lipinski definition) is 0.